The monoisotopic (exact) mass is 183 g/mol. The maximum atomic E-state index is 8.74. The standard InChI is InChI=1S/CH3N5.H2O4S/c2-1-3-5-6-4-1;1-5(2,3)4/h(H3,2,3,4,5,6);(H2,1,2,3,4). The van der Waals surface area contributed by atoms with Crippen LogP contribution in [0, 0.1) is 0 Å². The molecule has 1 rings (SSSR count). The van der Waals surface area contributed by atoms with Crippen LogP contribution in [0.3, 0.4) is 0 Å². The van der Waals surface area contributed by atoms with Gasteiger partial charge in [-0.1, -0.05) is 5.10 Å². The summed E-state index contributed by atoms with van der Waals surface area (Å²) in [4.78, 5) is 0. The van der Waals surface area contributed by atoms with Crippen molar-refractivity contribution in [3.8, 4) is 0 Å². The first-order valence-corrected chi connectivity index (χ1v) is 3.48. The van der Waals surface area contributed by atoms with Crippen LogP contribution in [0.1, 0.15) is 0 Å². The van der Waals surface area contributed by atoms with E-state index in [1.54, 1.807) is 0 Å². The topological polar surface area (TPSA) is 155 Å². The molecule has 1 heterocycles. The molecule has 11 heavy (non-hydrogen) atoms. The number of tetrazole rings is 1. The summed E-state index contributed by atoms with van der Waals surface area (Å²) in [6.07, 6.45) is 0. The Hall–Kier alpha value is -1.26. The smallest absolute Gasteiger partial charge is 0.367 e. The van der Waals surface area contributed by atoms with Gasteiger partial charge < -0.3 is 5.73 Å². The molecular weight excluding hydrogens is 178 g/mol. The Morgan fingerprint density at radius 1 is 1.45 bits per heavy atom. The molecule has 1 aromatic heterocycles. The van der Waals surface area contributed by atoms with Gasteiger partial charge in [0, 0.05) is 0 Å². The van der Waals surface area contributed by atoms with Crippen LogP contribution in [0.2, 0.25) is 0 Å². The third-order valence-electron chi connectivity index (χ3n) is 0.362. The van der Waals surface area contributed by atoms with Gasteiger partial charge >= 0.3 is 10.4 Å². The number of nitrogens with two attached hydrogens (primary N) is 1. The summed E-state index contributed by atoms with van der Waals surface area (Å²) in [6, 6.07) is 0. The van der Waals surface area contributed by atoms with Gasteiger partial charge in [0.2, 0.25) is 5.95 Å². The second-order valence-electron chi connectivity index (χ2n) is 1.23. The zero-order valence-corrected chi connectivity index (χ0v) is 5.85. The minimum absolute atomic E-state index is 0.245. The second-order valence-corrected chi connectivity index (χ2v) is 2.13. The van der Waals surface area contributed by atoms with E-state index in [0.717, 1.165) is 0 Å². The molecular formula is CH5N5O4S. The molecule has 0 saturated carbocycles. The minimum atomic E-state index is -4.67. The lowest BCUT2D eigenvalue weighted by Gasteiger charge is -1.68. The van der Waals surface area contributed by atoms with Gasteiger partial charge in [0.05, 0.1) is 0 Å². The van der Waals surface area contributed by atoms with Crippen LogP contribution in [-0.4, -0.2) is 38.1 Å². The molecule has 0 aromatic carbocycles. The summed E-state index contributed by atoms with van der Waals surface area (Å²) in [5.41, 5.74) is 4.99. The highest BCUT2D eigenvalue weighted by Gasteiger charge is 1.84. The molecule has 0 unspecified atom stereocenters. The first-order valence-electron chi connectivity index (χ1n) is 2.08. The van der Waals surface area contributed by atoms with Crippen LogP contribution >= 0.6 is 0 Å². The first-order chi connectivity index (χ1) is 4.89. The number of nitrogen functional groups attached to an aromatic ring is 1. The number of hydrogen-bond donors (Lipinski definition) is 4. The summed E-state index contributed by atoms with van der Waals surface area (Å²) >= 11 is 0. The predicted octanol–water partition coefficient (Wildman–Crippen LogP) is -1.87. The van der Waals surface area contributed by atoms with Crippen LogP contribution < -0.4 is 5.73 Å². The van der Waals surface area contributed by atoms with E-state index in [9.17, 15) is 0 Å². The third-order valence-corrected chi connectivity index (χ3v) is 0.362. The average molecular weight is 183 g/mol. The molecule has 5 N–H and O–H groups in total. The maximum absolute atomic E-state index is 8.74. The van der Waals surface area contributed by atoms with Gasteiger partial charge in [-0.15, -0.1) is 0 Å². The first kappa shape index (κ1) is 9.74. The predicted molar refractivity (Wildman–Crippen MR) is 32.8 cm³/mol. The molecule has 0 aliphatic carbocycles. The number of H-pyrrole nitrogens is 1. The Morgan fingerprint density at radius 3 is 2.00 bits per heavy atom. The molecule has 0 atom stereocenters. The molecule has 0 amide bonds. The quantitative estimate of drug-likeness (QED) is 0.341. The molecule has 0 bridgehead atoms. The number of nitrogens with zero attached hydrogens (tertiary/aromatic N) is 3. The number of rotatable bonds is 0. The Kier molecular flexibility index (Phi) is 3.36. The van der Waals surface area contributed by atoms with Crippen molar-refractivity contribution in [2.24, 2.45) is 0 Å². The number of aromatic amines is 1. The van der Waals surface area contributed by atoms with E-state index in [2.05, 4.69) is 20.6 Å². The van der Waals surface area contributed by atoms with E-state index in [0.29, 0.717) is 0 Å². The summed E-state index contributed by atoms with van der Waals surface area (Å²) in [5.74, 6) is 0.245. The van der Waals surface area contributed by atoms with Gasteiger partial charge in [0.1, 0.15) is 0 Å². The summed E-state index contributed by atoms with van der Waals surface area (Å²) in [6.45, 7) is 0. The number of aromatic nitrogens is 4. The van der Waals surface area contributed by atoms with E-state index in [-0.39, 0.29) is 5.95 Å². The van der Waals surface area contributed by atoms with E-state index in [1.165, 1.54) is 0 Å². The fourth-order valence-corrected chi connectivity index (χ4v) is 0.166. The molecule has 10 heteroatoms. The lowest BCUT2D eigenvalue weighted by molar-refractivity contribution is 0.381. The molecule has 0 fully saturated rings. The summed E-state index contributed by atoms with van der Waals surface area (Å²) in [7, 11) is -4.67. The fraction of sp³-hybridized carbons (Fsp3) is 0. The van der Waals surface area contributed by atoms with Gasteiger partial charge in [-0.25, -0.2) is 5.10 Å². The molecule has 0 aliphatic rings. The van der Waals surface area contributed by atoms with Gasteiger partial charge in [0.15, 0.2) is 0 Å². The summed E-state index contributed by atoms with van der Waals surface area (Å²) in [5, 5.41) is 11.9. The van der Waals surface area contributed by atoms with Gasteiger partial charge in [-0.3, -0.25) is 9.11 Å². The molecule has 0 radical (unpaired) electrons. The lowest BCUT2D eigenvalue weighted by atomic mass is 11.2. The van der Waals surface area contributed by atoms with E-state index >= 15 is 0 Å². The average Bonchev–Trinajstić information content (AvgIpc) is 2.12. The highest BCUT2D eigenvalue weighted by molar-refractivity contribution is 7.79. The van der Waals surface area contributed by atoms with Crippen LogP contribution in [0.15, 0.2) is 0 Å². The van der Waals surface area contributed by atoms with Gasteiger partial charge in [-0.2, -0.15) is 8.42 Å². The number of anilines is 1. The Labute approximate surface area is 61.2 Å². The van der Waals surface area contributed by atoms with Crippen molar-refractivity contribution in [1.82, 2.24) is 20.6 Å². The highest BCUT2D eigenvalue weighted by Crippen LogP contribution is 1.72. The SMILES string of the molecule is Nc1nnn[nH]1.O=S(=O)(O)O. The molecule has 0 spiro atoms. The van der Waals surface area contributed by atoms with Crippen LogP contribution in [-0.2, 0) is 10.4 Å². The zero-order chi connectivity index (χ0) is 8.91. The van der Waals surface area contributed by atoms with Crippen molar-refractivity contribution in [2.75, 3.05) is 5.73 Å². The van der Waals surface area contributed by atoms with Gasteiger partial charge in [-0.05, 0) is 10.4 Å². The zero-order valence-electron chi connectivity index (χ0n) is 5.04. The van der Waals surface area contributed by atoms with Crippen molar-refractivity contribution in [3.05, 3.63) is 0 Å². The Bertz CT molecular complexity index is 267. The molecule has 0 saturated heterocycles. The molecule has 0 aliphatic heterocycles. The van der Waals surface area contributed by atoms with E-state index in [4.69, 9.17) is 23.3 Å². The summed E-state index contributed by atoms with van der Waals surface area (Å²) < 4.78 is 31.6. The van der Waals surface area contributed by atoms with Crippen molar-refractivity contribution in [3.63, 3.8) is 0 Å². The molecule has 64 valence electrons. The van der Waals surface area contributed by atoms with Crippen molar-refractivity contribution >= 4 is 16.3 Å². The van der Waals surface area contributed by atoms with E-state index < -0.39 is 10.4 Å². The van der Waals surface area contributed by atoms with Crippen LogP contribution in [0.4, 0.5) is 5.95 Å². The van der Waals surface area contributed by atoms with Crippen LogP contribution in [0.5, 0.6) is 0 Å². The van der Waals surface area contributed by atoms with Crippen molar-refractivity contribution in [1.29, 1.82) is 0 Å². The number of hydrogen-bond acceptors (Lipinski definition) is 6. The fourth-order valence-electron chi connectivity index (χ4n) is 0.166. The largest absolute Gasteiger partial charge is 0.394 e. The Balaban J connectivity index is 0.000000187. The second kappa shape index (κ2) is 3.80. The van der Waals surface area contributed by atoms with Crippen molar-refractivity contribution < 1.29 is 17.5 Å². The van der Waals surface area contributed by atoms with Crippen molar-refractivity contribution in [2.45, 2.75) is 0 Å². The van der Waals surface area contributed by atoms with Gasteiger partial charge in [0.25, 0.3) is 0 Å². The maximum Gasteiger partial charge on any atom is 0.394 e. The molecule has 1 aromatic rings. The van der Waals surface area contributed by atoms with E-state index in [1.807, 2.05) is 0 Å². The highest BCUT2D eigenvalue weighted by atomic mass is 32.3. The molecule has 9 nitrogen and oxygen atoms in total. The lowest BCUT2D eigenvalue weighted by Crippen LogP contribution is -1.89. The number of nitrogens with one attached hydrogen (secondary N) is 1. The normalized spacial score (nSPS) is 10.0. The minimum Gasteiger partial charge on any atom is -0.367 e. The van der Waals surface area contributed by atoms with Crippen LogP contribution in [0.25, 0.3) is 0 Å². The Morgan fingerprint density at radius 2 is 1.91 bits per heavy atom. The third kappa shape index (κ3) is 12.1.